The number of nitrogens with zero attached hydrogens (tertiary/aromatic N) is 3. The molecule has 0 spiro atoms. The fourth-order valence-corrected chi connectivity index (χ4v) is 3.60. The van der Waals surface area contributed by atoms with E-state index in [0.29, 0.717) is 39.0 Å². The Bertz CT molecular complexity index is 886. The predicted octanol–water partition coefficient (Wildman–Crippen LogP) is 3.42. The van der Waals surface area contributed by atoms with Crippen LogP contribution in [0.1, 0.15) is 24.0 Å². The first kappa shape index (κ1) is 21.1. The van der Waals surface area contributed by atoms with Crippen LogP contribution in [0.3, 0.4) is 0 Å². The summed E-state index contributed by atoms with van der Waals surface area (Å²) < 4.78 is 0. The van der Waals surface area contributed by atoms with Crippen LogP contribution in [-0.2, 0) is 22.7 Å². The van der Waals surface area contributed by atoms with Gasteiger partial charge in [-0.3, -0.25) is 9.59 Å². The Balaban J connectivity index is 1.77. The number of rotatable bonds is 7. The minimum atomic E-state index is -0.824. The molecule has 2 aromatic carbocycles. The molecule has 6 heteroatoms. The monoisotopic (exact) mass is 403 g/mol. The van der Waals surface area contributed by atoms with Gasteiger partial charge in [-0.25, -0.2) is 0 Å². The van der Waals surface area contributed by atoms with Crippen molar-refractivity contribution in [3.8, 4) is 6.07 Å². The number of carboxylic acid groups (broad SMARTS) is 1. The third kappa shape index (κ3) is 5.71. The van der Waals surface area contributed by atoms with Crippen molar-refractivity contribution in [3.63, 3.8) is 0 Å². The predicted molar refractivity (Wildman–Crippen MR) is 113 cm³/mol. The summed E-state index contributed by atoms with van der Waals surface area (Å²) in [5, 5.41) is 18.8. The van der Waals surface area contributed by atoms with Crippen LogP contribution in [0.25, 0.3) is 0 Å². The van der Waals surface area contributed by atoms with Crippen LogP contribution >= 0.6 is 0 Å². The van der Waals surface area contributed by atoms with E-state index in [1.807, 2.05) is 71.6 Å². The summed E-state index contributed by atoms with van der Waals surface area (Å²) in [5.74, 6) is -1.58. The van der Waals surface area contributed by atoms with Gasteiger partial charge in [-0.1, -0.05) is 60.7 Å². The van der Waals surface area contributed by atoms with Gasteiger partial charge >= 0.3 is 5.97 Å². The third-order valence-electron chi connectivity index (χ3n) is 5.25. The summed E-state index contributed by atoms with van der Waals surface area (Å²) in [6, 6.07) is 21.8. The zero-order valence-corrected chi connectivity index (χ0v) is 16.8. The highest BCUT2D eigenvalue weighted by Crippen LogP contribution is 2.20. The Labute approximate surface area is 176 Å². The van der Waals surface area contributed by atoms with E-state index in [0.717, 1.165) is 11.1 Å². The van der Waals surface area contributed by atoms with Gasteiger partial charge in [-0.2, -0.15) is 5.26 Å². The zero-order chi connectivity index (χ0) is 21.3. The fourth-order valence-electron chi connectivity index (χ4n) is 3.60. The van der Waals surface area contributed by atoms with Crippen molar-refractivity contribution in [1.82, 2.24) is 9.80 Å². The first-order valence-electron chi connectivity index (χ1n) is 10.0. The van der Waals surface area contributed by atoms with Crippen LogP contribution in [0, 0.1) is 17.2 Å². The van der Waals surface area contributed by atoms with E-state index in [-0.39, 0.29) is 11.5 Å². The average Bonchev–Trinajstić information content (AvgIpc) is 2.78. The van der Waals surface area contributed by atoms with Gasteiger partial charge in [0, 0.05) is 32.4 Å². The molecular weight excluding hydrogens is 378 g/mol. The third-order valence-corrected chi connectivity index (χ3v) is 5.25. The molecule has 154 valence electrons. The lowest BCUT2D eigenvalue weighted by molar-refractivity contribution is -0.145. The van der Waals surface area contributed by atoms with Crippen LogP contribution in [0.4, 0.5) is 0 Å². The number of hydrogen-bond acceptors (Lipinski definition) is 4. The topological polar surface area (TPSA) is 84.6 Å². The standard InChI is InChI=1S/C24H25N3O3/c25-15-22(23(28)27-13-11-21(12-14-27)24(29)30)18-26(16-19-7-3-1-4-8-19)17-20-9-5-2-6-10-20/h1-10,18,21H,11-14,16-17H2,(H,29,30)/b22-18-. The molecule has 1 amide bonds. The lowest BCUT2D eigenvalue weighted by Crippen LogP contribution is -2.41. The number of benzene rings is 2. The smallest absolute Gasteiger partial charge is 0.306 e. The molecule has 30 heavy (non-hydrogen) atoms. The van der Waals surface area contributed by atoms with E-state index < -0.39 is 11.9 Å². The maximum atomic E-state index is 12.9. The highest BCUT2D eigenvalue weighted by Gasteiger charge is 2.28. The van der Waals surface area contributed by atoms with Crippen LogP contribution in [0.5, 0.6) is 0 Å². The average molecular weight is 403 g/mol. The quantitative estimate of drug-likeness (QED) is 0.566. The Hall–Kier alpha value is -3.59. The molecule has 6 nitrogen and oxygen atoms in total. The molecule has 0 atom stereocenters. The van der Waals surface area contributed by atoms with Crippen molar-refractivity contribution >= 4 is 11.9 Å². The number of carbonyl (C=O) groups is 2. The Kier molecular flexibility index (Phi) is 7.23. The largest absolute Gasteiger partial charge is 0.481 e. The van der Waals surface area contributed by atoms with Gasteiger partial charge < -0.3 is 14.9 Å². The number of carboxylic acids is 1. The minimum Gasteiger partial charge on any atom is -0.481 e. The second-order valence-corrected chi connectivity index (χ2v) is 7.44. The lowest BCUT2D eigenvalue weighted by atomic mass is 9.97. The van der Waals surface area contributed by atoms with Crippen molar-refractivity contribution in [2.24, 2.45) is 5.92 Å². The summed E-state index contributed by atoms with van der Waals surface area (Å²) in [6.45, 7) is 1.84. The molecular formula is C24H25N3O3. The molecule has 0 radical (unpaired) electrons. The molecule has 1 saturated heterocycles. The molecule has 0 unspecified atom stereocenters. The second-order valence-electron chi connectivity index (χ2n) is 7.44. The van der Waals surface area contributed by atoms with Crippen LogP contribution in [0.2, 0.25) is 0 Å². The number of aliphatic carboxylic acids is 1. The zero-order valence-electron chi connectivity index (χ0n) is 16.8. The van der Waals surface area contributed by atoms with Gasteiger partial charge in [0.05, 0.1) is 5.92 Å². The number of carbonyl (C=O) groups excluding carboxylic acids is 1. The van der Waals surface area contributed by atoms with Crippen molar-refractivity contribution in [3.05, 3.63) is 83.6 Å². The van der Waals surface area contributed by atoms with Crippen molar-refractivity contribution < 1.29 is 14.7 Å². The van der Waals surface area contributed by atoms with E-state index in [2.05, 4.69) is 0 Å². The summed E-state index contributed by atoms with van der Waals surface area (Å²) in [7, 11) is 0. The van der Waals surface area contributed by atoms with Gasteiger partial charge in [-0.15, -0.1) is 0 Å². The van der Waals surface area contributed by atoms with E-state index in [4.69, 9.17) is 5.11 Å². The first-order valence-corrected chi connectivity index (χ1v) is 10.0. The van der Waals surface area contributed by atoms with Crippen molar-refractivity contribution in [2.45, 2.75) is 25.9 Å². The Morgan fingerprint density at radius 2 is 1.50 bits per heavy atom. The van der Waals surface area contributed by atoms with Crippen LogP contribution < -0.4 is 0 Å². The fraction of sp³-hybridized carbons (Fsp3) is 0.292. The van der Waals surface area contributed by atoms with Crippen molar-refractivity contribution in [2.75, 3.05) is 13.1 Å². The van der Waals surface area contributed by atoms with Gasteiger partial charge in [0.25, 0.3) is 5.91 Å². The maximum absolute atomic E-state index is 12.9. The van der Waals surface area contributed by atoms with E-state index >= 15 is 0 Å². The maximum Gasteiger partial charge on any atom is 0.306 e. The first-order chi connectivity index (χ1) is 14.6. The Morgan fingerprint density at radius 3 is 1.93 bits per heavy atom. The number of piperidine rings is 1. The lowest BCUT2D eigenvalue weighted by Gasteiger charge is -2.30. The number of nitriles is 1. The molecule has 0 aromatic heterocycles. The molecule has 1 aliphatic heterocycles. The van der Waals surface area contributed by atoms with Crippen molar-refractivity contribution in [1.29, 1.82) is 5.26 Å². The van der Waals surface area contributed by atoms with Crippen LogP contribution in [0.15, 0.2) is 72.4 Å². The molecule has 1 aliphatic rings. The van der Waals surface area contributed by atoms with E-state index in [9.17, 15) is 14.9 Å². The molecule has 0 bridgehead atoms. The van der Waals surface area contributed by atoms with Gasteiger partial charge in [0.1, 0.15) is 11.6 Å². The molecule has 0 aliphatic carbocycles. The molecule has 0 saturated carbocycles. The summed E-state index contributed by atoms with van der Waals surface area (Å²) in [4.78, 5) is 27.6. The van der Waals surface area contributed by atoms with E-state index in [1.165, 1.54) is 0 Å². The summed E-state index contributed by atoms with van der Waals surface area (Å²) in [6.07, 6.45) is 2.46. The molecule has 2 aromatic rings. The molecule has 1 fully saturated rings. The highest BCUT2D eigenvalue weighted by atomic mass is 16.4. The SMILES string of the molecule is N#C/C(=C/N(Cc1ccccc1)Cc1ccccc1)C(=O)N1CCC(C(=O)O)CC1. The number of amides is 1. The number of hydrogen-bond donors (Lipinski definition) is 1. The van der Waals surface area contributed by atoms with Gasteiger partial charge in [-0.05, 0) is 24.0 Å². The molecule has 1 N–H and O–H groups in total. The summed E-state index contributed by atoms with van der Waals surface area (Å²) >= 11 is 0. The normalized spacial score (nSPS) is 14.8. The van der Waals surface area contributed by atoms with Gasteiger partial charge in [0.2, 0.25) is 0 Å². The van der Waals surface area contributed by atoms with Gasteiger partial charge in [0.15, 0.2) is 0 Å². The Morgan fingerprint density at radius 1 is 1.00 bits per heavy atom. The number of likely N-dealkylation sites (tertiary alicyclic amines) is 1. The second kappa shape index (κ2) is 10.3. The highest BCUT2D eigenvalue weighted by molar-refractivity contribution is 5.97. The molecule has 3 rings (SSSR count). The molecule has 1 heterocycles. The van der Waals surface area contributed by atoms with E-state index in [1.54, 1.807) is 11.1 Å². The van der Waals surface area contributed by atoms with Crippen LogP contribution in [-0.4, -0.2) is 39.9 Å². The minimum absolute atomic E-state index is 0.0654. The summed E-state index contributed by atoms with van der Waals surface area (Å²) in [5.41, 5.74) is 2.23.